The Morgan fingerprint density at radius 1 is 1.26 bits per heavy atom. The van der Waals surface area contributed by atoms with Gasteiger partial charge >= 0.3 is 6.15 Å². The van der Waals surface area contributed by atoms with Gasteiger partial charge in [0, 0.05) is 37.6 Å². The van der Waals surface area contributed by atoms with Gasteiger partial charge in [-0.05, 0) is 12.5 Å². The fourth-order valence-electron chi connectivity index (χ4n) is 2.34. The molecule has 0 bridgehead atoms. The Morgan fingerprint density at radius 3 is 2.67 bits per heavy atom. The first-order valence-electron chi connectivity index (χ1n) is 8.17. The topological polar surface area (TPSA) is 142 Å². The highest BCUT2D eigenvalue weighted by molar-refractivity contribution is 5.61. The summed E-state index contributed by atoms with van der Waals surface area (Å²) in [6.07, 6.45) is 5.13. The van der Waals surface area contributed by atoms with Gasteiger partial charge in [-0.3, -0.25) is 0 Å². The molecule has 0 aliphatic carbocycles. The lowest BCUT2D eigenvalue weighted by Crippen LogP contribution is -2.42. The number of morpholine rings is 1. The number of hydrogen-bond acceptors (Lipinski definition) is 10. The van der Waals surface area contributed by atoms with E-state index in [1.807, 2.05) is 19.1 Å². The van der Waals surface area contributed by atoms with Crippen molar-refractivity contribution in [1.29, 1.82) is 5.26 Å². The molecule has 1 atom stereocenters. The number of nitriles is 1. The number of aryl methyl sites for hydroxylation is 1. The largest absolute Gasteiger partial charge is 0.382 e. The van der Waals surface area contributed by atoms with Crippen molar-refractivity contribution in [3.63, 3.8) is 0 Å². The molecule has 2 aromatic rings. The van der Waals surface area contributed by atoms with Crippen LogP contribution in [0, 0.1) is 18.3 Å². The monoisotopic (exact) mass is 369 g/mol. The smallest absolute Gasteiger partial charge is 0.373 e. The van der Waals surface area contributed by atoms with Crippen molar-refractivity contribution in [3.05, 3.63) is 35.9 Å². The Bertz CT molecular complexity index is 808. The summed E-state index contributed by atoms with van der Waals surface area (Å²) in [7, 11) is 0. The van der Waals surface area contributed by atoms with Crippen molar-refractivity contribution in [2.45, 2.75) is 13.0 Å². The summed E-state index contributed by atoms with van der Waals surface area (Å²) in [5, 5.41) is 18.5. The average molecular weight is 369 g/mol. The van der Waals surface area contributed by atoms with E-state index in [4.69, 9.17) is 19.6 Å². The second kappa shape index (κ2) is 10.6. The van der Waals surface area contributed by atoms with E-state index in [0.29, 0.717) is 11.6 Å². The molecule has 1 saturated heterocycles. The van der Waals surface area contributed by atoms with E-state index in [9.17, 15) is 0 Å². The van der Waals surface area contributed by atoms with E-state index in [1.54, 1.807) is 6.20 Å². The van der Waals surface area contributed by atoms with Gasteiger partial charge in [-0.1, -0.05) is 0 Å². The van der Waals surface area contributed by atoms with Crippen LogP contribution in [0.25, 0.3) is 0 Å². The number of carbonyl (C=O) groups excluding carboxylic acids is 2. The quantitative estimate of drug-likeness (QED) is 0.686. The lowest BCUT2D eigenvalue weighted by atomic mass is 10.2. The molecule has 3 heterocycles. The highest BCUT2D eigenvalue weighted by atomic mass is 16.5. The molecule has 3 N–H and O–H groups in total. The zero-order valence-electron chi connectivity index (χ0n) is 14.7. The third-order valence-corrected chi connectivity index (χ3v) is 3.65. The molecule has 2 aromatic heterocycles. The predicted molar refractivity (Wildman–Crippen MR) is 95.1 cm³/mol. The van der Waals surface area contributed by atoms with Crippen LogP contribution in [0.1, 0.15) is 11.3 Å². The molecule has 10 nitrogen and oxygen atoms in total. The Hall–Kier alpha value is -3.38. The molecule has 1 unspecified atom stereocenters. The number of nitrogens with zero attached hydrogens (tertiary/aromatic N) is 4. The van der Waals surface area contributed by atoms with Gasteiger partial charge in [-0.2, -0.15) is 14.9 Å². The number of hydrogen-bond donors (Lipinski definition) is 3. The lowest BCUT2D eigenvalue weighted by Gasteiger charge is -2.24. The summed E-state index contributed by atoms with van der Waals surface area (Å²) >= 11 is 0. The Kier molecular flexibility index (Phi) is 7.81. The predicted octanol–water partition coefficient (Wildman–Crippen LogP) is 0.612. The third kappa shape index (κ3) is 6.45. The maximum atomic E-state index is 8.74. The van der Waals surface area contributed by atoms with Crippen molar-refractivity contribution in [2.24, 2.45) is 0 Å². The molecule has 1 aliphatic rings. The molecule has 140 valence electrons. The van der Waals surface area contributed by atoms with Crippen molar-refractivity contribution in [1.82, 2.24) is 20.3 Å². The van der Waals surface area contributed by atoms with Gasteiger partial charge < -0.3 is 20.7 Å². The number of aromatic nitrogens is 3. The van der Waals surface area contributed by atoms with E-state index in [-0.39, 0.29) is 17.9 Å². The number of rotatable bonds is 5. The minimum absolute atomic E-state index is 0.159. The van der Waals surface area contributed by atoms with Crippen LogP contribution in [0.2, 0.25) is 0 Å². The van der Waals surface area contributed by atoms with Crippen LogP contribution in [0.4, 0.5) is 17.3 Å². The minimum atomic E-state index is 0.159. The first-order chi connectivity index (χ1) is 13.2. The average Bonchev–Trinajstić information content (AvgIpc) is 2.70. The number of ether oxygens (including phenoxy) is 1. The molecule has 10 heteroatoms. The van der Waals surface area contributed by atoms with E-state index >= 15 is 0 Å². The molecule has 0 amide bonds. The van der Waals surface area contributed by atoms with Gasteiger partial charge in [-0.15, -0.1) is 0 Å². The summed E-state index contributed by atoms with van der Waals surface area (Å²) in [6, 6.07) is 3.86. The minimum Gasteiger partial charge on any atom is -0.382 e. The van der Waals surface area contributed by atoms with Gasteiger partial charge in [0.25, 0.3) is 0 Å². The number of anilines is 3. The van der Waals surface area contributed by atoms with Crippen molar-refractivity contribution < 1.29 is 14.3 Å². The van der Waals surface area contributed by atoms with Crippen LogP contribution in [-0.2, 0) is 14.3 Å². The van der Waals surface area contributed by atoms with Crippen LogP contribution in [0.3, 0.4) is 0 Å². The second-order valence-corrected chi connectivity index (χ2v) is 5.57. The normalized spacial score (nSPS) is 15.5. The third-order valence-electron chi connectivity index (χ3n) is 3.65. The molecule has 1 fully saturated rings. The van der Waals surface area contributed by atoms with Gasteiger partial charge in [0.15, 0.2) is 5.69 Å². The fraction of sp³-hybridized carbons (Fsp3) is 0.353. The van der Waals surface area contributed by atoms with Gasteiger partial charge in [0.1, 0.15) is 17.7 Å². The van der Waals surface area contributed by atoms with Gasteiger partial charge in [0.05, 0.1) is 25.1 Å². The van der Waals surface area contributed by atoms with Crippen molar-refractivity contribution >= 4 is 23.5 Å². The fourth-order valence-corrected chi connectivity index (χ4v) is 2.34. The Balaban J connectivity index is 0.000000817. The van der Waals surface area contributed by atoms with E-state index in [0.717, 1.165) is 37.5 Å². The zero-order chi connectivity index (χ0) is 19.5. The molecule has 0 aromatic carbocycles. The summed E-state index contributed by atoms with van der Waals surface area (Å²) in [5.41, 5.74) is 2.32. The number of pyridine rings is 1. The zero-order valence-corrected chi connectivity index (χ0v) is 14.7. The summed E-state index contributed by atoms with van der Waals surface area (Å²) in [4.78, 5) is 28.7. The highest BCUT2D eigenvalue weighted by Gasteiger charge is 2.13. The first-order valence-corrected chi connectivity index (χ1v) is 8.17. The molecule has 27 heavy (non-hydrogen) atoms. The van der Waals surface area contributed by atoms with Gasteiger partial charge in [-0.25, -0.2) is 15.0 Å². The first kappa shape index (κ1) is 19.9. The molecular weight excluding hydrogens is 350 g/mol. The van der Waals surface area contributed by atoms with Crippen LogP contribution >= 0.6 is 0 Å². The second-order valence-electron chi connectivity index (χ2n) is 5.57. The van der Waals surface area contributed by atoms with Crippen LogP contribution in [0.5, 0.6) is 0 Å². The summed E-state index contributed by atoms with van der Waals surface area (Å²) in [5.74, 6) is 1.20. The van der Waals surface area contributed by atoms with Crippen molar-refractivity contribution in [2.75, 3.05) is 36.9 Å². The Labute approximate surface area is 156 Å². The molecular formula is C17H19N7O3. The Morgan fingerprint density at radius 2 is 2.04 bits per heavy atom. The molecule has 1 aliphatic heterocycles. The maximum absolute atomic E-state index is 8.74. The standard InChI is InChI=1S/C16H19N7O.CO2/c1-11-6-21-15(23-16-10-19-12(5-17)7-22-16)4-14(11)20-9-13-8-18-2-3-24-13;2-1-3/h4,6-7,10,13,18H,2-3,8-9H2,1H3,(H2,20,21,22,23);. The van der Waals surface area contributed by atoms with E-state index in [2.05, 4.69) is 30.9 Å². The lowest BCUT2D eigenvalue weighted by molar-refractivity contribution is -0.191. The number of nitrogens with one attached hydrogen (secondary N) is 3. The molecule has 0 radical (unpaired) electrons. The summed E-state index contributed by atoms with van der Waals surface area (Å²) in [6.45, 7) is 5.23. The summed E-state index contributed by atoms with van der Waals surface area (Å²) < 4.78 is 5.69. The molecule has 3 rings (SSSR count). The SMILES string of the molecule is Cc1cnc(Nc2cnc(C#N)cn2)cc1NCC1CNCCO1.O=C=O. The maximum Gasteiger partial charge on any atom is 0.373 e. The van der Waals surface area contributed by atoms with Crippen LogP contribution in [-0.4, -0.2) is 53.4 Å². The van der Waals surface area contributed by atoms with Crippen LogP contribution < -0.4 is 16.0 Å². The van der Waals surface area contributed by atoms with E-state index < -0.39 is 0 Å². The molecule has 0 spiro atoms. The van der Waals surface area contributed by atoms with E-state index in [1.165, 1.54) is 12.4 Å². The van der Waals surface area contributed by atoms with Gasteiger partial charge in [0.2, 0.25) is 0 Å². The van der Waals surface area contributed by atoms with Crippen LogP contribution in [0.15, 0.2) is 24.7 Å². The van der Waals surface area contributed by atoms with Crippen molar-refractivity contribution in [3.8, 4) is 6.07 Å². The molecule has 0 saturated carbocycles. The highest BCUT2D eigenvalue weighted by Crippen LogP contribution is 2.20.